The quantitative estimate of drug-likeness (QED) is 0.697. The molecule has 2 heterocycles. The van der Waals surface area contributed by atoms with Crippen LogP contribution in [0.4, 0.5) is 0 Å². The number of carbonyl (C=O) groups is 1. The third kappa shape index (κ3) is 3.49. The number of nitrogens with one attached hydrogen (secondary N) is 1. The van der Waals surface area contributed by atoms with E-state index < -0.39 is 11.1 Å². The monoisotopic (exact) mass is 410 g/mol. The van der Waals surface area contributed by atoms with Crippen molar-refractivity contribution in [1.29, 1.82) is 0 Å². The molecule has 4 rings (SSSR count). The largest absolute Gasteiger partial charge is 0.496 e. The van der Waals surface area contributed by atoms with E-state index in [0.29, 0.717) is 25.4 Å². The Kier molecular flexibility index (Phi) is 5.57. The van der Waals surface area contributed by atoms with Crippen molar-refractivity contribution in [1.82, 2.24) is 10.2 Å². The summed E-state index contributed by atoms with van der Waals surface area (Å²) in [5.41, 5.74) is 0.184. The van der Waals surface area contributed by atoms with Crippen LogP contribution in [-0.4, -0.2) is 60.0 Å². The number of β-amino-alcohol motifs (C(OH)–C–C–N with tert-alkyl or cyclic N) is 1. The zero-order chi connectivity index (χ0) is 21.4. The topological polar surface area (TPSA) is 82.0 Å². The van der Waals surface area contributed by atoms with Gasteiger partial charge in [-0.1, -0.05) is 48.5 Å². The summed E-state index contributed by atoms with van der Waals surface area (Å²) in [7, 11) is 1.60. The fourth-order valence-electron chi connectivity index (χ4n) is 5.18. The average Bonchev–Trinajstić information content (AvgIpc) is 3.23. The van der Waals surface area contributed by atoms with Crippen LogP contribution in [0.5, 0.6) is 5.75 Å². The normalized spacial score (nSPS) is 30.7. The Bertz CT molecular complexity index is 901. The van der Waals surface area contributed by atoms with Gasteiger partial charge in [-0.05, 0) is 18.6 Å². The molecule has 2 saturated heterocycles. The zero-order valence-electron chi connectivity index (χ0n) is 17.5. The summed E-state index contributed by atoms with van der Waals surface area (Å²) in [4.78, 5) is 15.0. The summed E-state index contributed by atoms with van der Waals surface area (Å²) in [6, 6.07) is 17.4. The Morgan fingerprint density at radius 3 is 2.50 bits per heavy atom. The molecule has 3 N–H and O–H groups in total. The number of ether oxygens (including phenoxy) is 1. The molecule has 6 heteroatoms. The Hall–Kier alpha value is -2.41. The van der Waals surface area contributed by atoms with Crippen LogP contribution in [0, 0.1) is 11.8 Å². The van der Waals surface area contributed by atoms with Crippen molar-refractivity contribution in [3.63, 3.8) is 0 Å². The average molecular weight is 411 g/mol. The maximum atomic E-state index is 13.2. The third-order valence-corrected chi connectivity index (χ3v) is 6.94. The minimum atomic E-state index is -0.961. The van der Waals surface area contributed by atoms with E-state index in [1.54, 1.807) is 7.11 Å². The van der Waals surface area contributed by atoms with Crippen molar-refractivity contribution in [3.8, 4) is 5.75 Å². The molecule has 2 aromatic rings. The highest BCUT2D eigenvalue weighted by molar-refractivity contribution is 5.80. The van der Waals surface area contributed by atoms with Crippen LogP contribution < -0.4 is 10.1 Å². The smallest absolute Gasteiger partial charge is 0.227 e. The highest BCUT2D eigenvalue weighted by atomic mass is 16.5. The van der Waals surface area contributed by atoms with Gasteiger partial charge in [0.15, 0.2) is 0 Å². The summed E-state index contributed by atoms with van der Waals surface area (Å²) in [6.45, 7) is 3.04. The first-order valence-corrected chi connectivity index (χ1v) is 10.4. The van der Waals surface area contributed by atoms with E-state index in [1.165, 1.54) is 0 Å². The lowest BCUT2D eigenvalue weighted by molar-refractivity contribution is -0.129. The number of fused-ring (bicyclic) bond motifs is 1. The molecule has 2 fully saturated rings. The van der Waals surface area contributed by atoms with E-state index in [9.17, 15) is 15.0 Å². The van der Waals surface area contributed by atoms with Gasteiger partial charge in [0.2, 0.25) is 5.91 Å². The SMILES string of the molecule is COc1ccccc1CC(=O)N1C[C@@H]2[C@H](C1)[C@@](C)(O)CN[C@]2(CO)c1ccccc1. The van der Waals surface area contributed by atoms with Gasteiger partial charge in [-0.2, -0.15) is 0 Å². The number of aliphatic hydroxyl groups excluding tert-OH is 1. The van der Waals surface area contributed by atoms with Crippen LogP contribution in [0.15, 0.2) is 54.6 Å². The van der Waals surface area contributed by atoms with Crippen LogP contribution in [0.2, 0.25) is 0 Å². The van der Waals surface area contributed by atoms with Gasteiger partial charge < -0.3 is 25.2 Å². The number of piperidine rings is 1. The molecule has 160 valence electrons. The molecule has 30 heavy (non-hydrogen) atoms. The minimum Gasteiger partial charge on any atom is -0.496 e. The first-order valence-electron chi connectivity index (χ1n) is 10.4. The second-order valence-corrected chi connectivity index (χ2v) is 8.71. The number of nitrogens with zero attached hydrogens (tertiary/aromatic N) is 1. The van der Waals surface area contributed by atoms with Crippen molar-refractivity contribution in [2.24, 2.45) is 11.8 Å². The molecule has 0 bridgehead atoms. The van der Waals surface area contributed by atoms with E-state index in [2.05, 4.69) is 5.32 Å². The van der Waals surface area contributed by atoms with Crippen molar-refractivity contribution >= 4 is 5.91 Å². The number of aliphatic hydroxyl groups is 2. The minimum absolute atomic E-state index is 0.00426. The van der Waals surface area contributed by atoms with Crippen LogP contribution in [0.25, 0.3) is 0 Å². The molecule has 4 atom stereocenters. The second kappa shape index (κ2) is 8.02. The van der Waals surface area contributed by atoms with Gasteiger partial charge in [0, 0.05) is 37.0 Å². The molecule has 0 spiro atoms. The molecular formula is C24H30N2O4. The van der Waals surface area contributed by atoms with Crippen molar-refractivity contribution in [2.75, 3.05) is 33.4 Å². The summed E-state index contributed by atoms with van der Waals surface area (Å²) in [5.74, 6) is 0.470. The Morgan fingerprint density at radius 2 is 1.80 bits per heavy atom. The van der Waals surface area contributed by atoms with E-state index in [4.69, 9.17) is 4.74 Å². The van der Waals surface area contributed by atoms with E-state index in [-0.39, 0.29) is 30.8 Å². The predicted molar refractivity (Wildman–Crippen MR) is 114 cm³/mol. The number of para-hydroxylation sites is 1. The van der Waals surface area contributed by atoms with Crippen molar-refractivity contribution in [2.45, 2.75) is 24.5 Å². The third-order valence-electron chi connectivity index (χ3n) is 6.94. The standard InChI is InChI=1S/C24H30N2O4/c1-23(29)15-25-24(16-27,18-9-4-3-5-10-18)20-14-26(13-19(20)23)22(28)12-17-8-6-7-11-21(17)30-2/h3-11,19-20,25,27,29H,12-16H2,1-2H3/t19-,20+,23-,24+/m0/s1. The summed E-state index contributed by atoms with van der Waals surface area (Å²) < 4.78 is 5.39. The Labute approximate surface area is 177 Å². The predicted octanol–water partition coefficient (Wildman–Crippen LogP) is 1.55. The highest BCUT2D eigenvalue weighted by Gasteiger charge is 2.58. The van der Waals surface area contributed by atoms with E-state index >= 15 is 0 Å². The molecule has 2 aliphatic rings. The maximum absolute atomic E-state index is 13.2. The molecule has 0 unspecified atom stereocenters. The number of carbonyl (C=O) groups excluding carboxylic acids is 1. The van der Waals surface area contributed by atoms with Gasteiger partial charge in [-0.3, -0.25) is 4.79 Å². The number of methoxy groups -OCH3 is 1. The molecular weight excluding hydrogens is 380 g/mol. The lowest BCUT2D eigenvalue weighted by atomic mass is 9.65. The molecule has 2 aromatic carbocycles. The molecule has 0 aliphatic carbocycles. The number of hydrogen-bond donors (Lipinski definition) is 3. The van der Waals surface area contributed by atoms with Gasteiger partial charge in [0.25, 0.3) is 0 Å². The summed E-state index contributed by atoms with van der Waals surface area (Å²) in [6.07, 6.45) is 0.247. The number of amides is 1. The molecule has 6 nitrogen and oxygen atoms in total. The van der Waals surface area contributed by atoms with E-state index in [0.717, 1.165) is 11.1 Å². The molecule has 0 aromatic heterocycles. The summed E-state index contributed by atoms with van der Waals surface area (Å²) in [5, 5.41) is 25.0. The van der Waals surface area contributed by atoms with E-state index in [1.807, 2.05) is 66.4 Å². The molecule has 1 amide bonds. The van der Waals surface area contributed by atoms with Crippen molar-refractivity contribution < 1.29 is 19.7 Å². The summed E-state index contributed by atoms with van der Waals surface area (Å²) >= 11 is 0. The van der Waals surface area contributed by atoms with Gasteiger partial charge >= 0.3 is 0 Å². The van der Waals surface area contributed by atoms with Crippen LogP contribution in [-0.2, 0) is 16.8 Å². The van der Waals surface area contributed by atoms with Gasteiger partial charge in [-0.15, -0.1) is 0 Å². The Morgan fingerprint density at radius 1 is 1.13 bits per heavy atom. The maximum Gasteiger partial charge on any atom is 0.227 e. The highest BCUT2D eigenvalue weighted by Crippen LogP contribution is 2.46. The molecule has 0 saturated carbocycles. The fraction of sp³-hybridized carbons (Fsp3) is 0.458. The van der Waals surface area contributed by atoms with Crippen molar-refractivity contribution in [3.05, 3.63) is 65.7 Å². The van der Waals surface area contributed by atoms with Crippen LogP contribution in [0.1, 0.15) is 18.1 Å². The van der Waals surface area contributed by atoms with Gasteiger partial charge in [0.1, 0.15) is 5.75 Å². The van der Waals surface area contributed by atoms with Crippen LogP contribution in [0.3, 0.4) is 0 Å². The first kappa shape index (κ1) is 20.8. The molecule has 0 radical (unpaired) electrons. The lowest BCUT2D eigenvalue weighted by Crippen LogP contribution is -2.66. The second-order valence-electron chi connectivity index (χ2n) is 8.71. The van der Waals surface area contributed by atoms with Gasteiger partial charge in [0.05, 0.1) is 31.3 Å². The number of benzene rings is 2. The number of likely N-dealkylation sites (tertiary alicyclic amines) is 1. The Balaban J connectivity index is 1.62. The number of rotatable bonds is 5. The van der Waals surface area contributed by atoms with Crippen LogP contribution >= 0.6 is 0 Å². The number of hydrogen-bond acceptors (Lipinski definition) is 5. The van der Waals surface area contributed by atoms with Gasteiger partial charge in [-0.25, -0.2) is 0 Å². The molecule has 2 aliphatic heterocycles. The lowest BCUT2D eigenvalue weighted by Gasteiger charge is -2.51. The first-order chi connectivity index (χ1) is 14.4. The fourth-order valence-corrected chi connectivity index (χ4v) is 5.18. The zero-order valence-corrected chi connectivity index (χ0v) is 17.5.